The molecule has 0 saturated carbocycles. The Hall–Kier alpha value is -1.01. The van der Waals surface area contributed by atoms with Crippen molar-refractivity contribution in [1.82, 2.24) is 0 Å². The molecule has 0 spiro atoms. The summed E-state index contributed by atoms with van der Waals surface area (Å²) in [6, 6.07) is 6.06. The fourth-order valence-corrected chi connectivity index (χ4v) is 2.51. The SMILES string of the molecule is COc1ccccc1C(O[Si](C)(C)C)C(F)(F)F. The number of hydrogen-bond donors (Lipinski definition) is 0. The highest BCUT2D eigenvalue weighted by molar-refractivity contribution is 6.69. The molecule has 18 heavy (non-hydrogen) atoms. The van der Waals surface area contributed by atoms with Crippen LogP contribution in [0.3, 0.4) is 0 Å². The fourth-order valence-electron chi connectivity index (χ4n) is 1.54. The van der Waals surface area contributed by atoms with Crippen molar-refractivity contribution in [1.29, 1.82) is 0 Å². The molecule has 0 bridgehead atoms. The van der Waals surface area contributed by atoms with Gasteiger partial charge in [0.2, 0.25) is 0 Å². The average molecular weight is 278 g/mol. The summed E-state index contributed by atoms with van der Waals surface area (Å²) in [5, 5.41) is 0. The Balaban J connectivity index is 3.18. The zero-order valence-corrected chi connectivity index (χ0v) is 11.8. The lowest BCUT2D eigenvalue weighted by molar-refractivity contribution is -0.201. The second-order valence-electron chi connectivity index (χ2n) is 4.89. The Kier molecular flexibility index (Phi) is 4.44. The third-order valence-corrected chi connectivity index (χ3v) is 3.13. The molecule has 1 rings (SSSR count). The number of benzene rings is 1. The van der Waals surface area contributed by atoms with Crippen LogP contribution in [0.15, 0.2) is 24.3 Å². The molecule has 0 aliphatic carbocycles. The van der Waals surface area contributed by atoms with Gasteiger partial charge < -0.3 is 9.16 Å². The summed E-state index contributed by atoms with van der Waals surface area (Å²) in [7, 11) is -0.976. The van der Waals surface area contributed by atoms with Gasteiger partial charge in [0.25, 0.3) is 0 Å². The van der Waals surface area contributed by atoms with Crippen LogP contribution in [-0.2, 0) is 4.43 Å². The number of halogens is 3. The Morgan fingerprint density at radius 2 is 1.67 bits per heavy atom. The zero-order valence-electron chi connectivity index (χ0n) is 10.8. The molecule has 0 N–H and O–H groups in total. The molecule has 0 aromatic heterocycles. The predicted octanol–water partition coefficient (Wildman–Crippen LogP) is 4.15. The van der Waals surface area contributed by atoms with E-state index >= 15 is 0 Å². The van der Waals surface area contributed by atoms with Gasteiger partial charge in [0.05, 0.1) is 7.11 Å². The van der Waals surface area contributed by atoms with Crippen molar-refractivity contribution in [2.45, 2.75) is 31.9 Å². The Labute approximate surface area is 106 Å². The molecule has 0 aliphatic heterocycles. The van der Waals surface area contributed by atoms with Gasteiger partial charge in [-0.2, -0.15) is 13.2 Å². The molecule has 0 saturated heterocycles. The first-order valence-electron chi connectivity index (χ1n) is 5.52. The first-order chi connectivity index (χ1) is 8.15. The predicted molar refractivity (Wildman–Crippen MR) is 66.2 cm³/mol. The number of ether oxygens (including phenoxy) is 1. The molecular formula is C12H17F3O2Si. The minimum atomic E-state index is -4.45. The van der Waals surface area contributed by atoms with Crippen LogP contribution in [0.4, 0.5) is 13.2 Å². The number of alkyl halides is 3. The lowest BCUT2D eigenvalue weighted by Gasteiger charge is -2.29. The Morgan fingerprint density at radius 1 is 1.11 bits per heavy atom. The van der Waals surface area contributed by atoms with Crippen molar-refractivity contribution >= 4 is 8.32 Å². The van der Waals surface area contributed by atoms with Gasteiger partial charge in [-0.25, -0.2) is 0 Å². The second kappa shape index (κ2) is 5.32. The van der Waals surface area contributed by atoms with E-state index in [0.717, 1.165) is 0 Å². The molecule has 2 nitrogen and oxygen atoms in total. The van der Waals surface area contributed by atoms with Crippen LogP contribution in [0.25, 0.3) is 0 Å². The van der Waals surface area contributed by atoms with E-state index in [1.54, 1.807) is 31.8 Å². The molecule has 1 aromatic rings. The van der Waals surface area contributed by atoms with Crippen molar-refractivity contribution in [2.75, 3.05) is 7.11 Å². The normalized spacial score (nSPS) is 14.4. The van der Waals surface area contributed by atoms with E-state index in [0.29, 0.717) is 0 Å². The topological polar surface area (TPSA) is 18.5 Å². The van der Waals surface area contributed by atoms with E-state index in [-0.39, 0.29) is 11.3 Å². The van der Waals surface area contributed by atoms with Crippen molar-refractivity contribution in [3.05, 3.63) is 29.8 Å². The quantitative estimate of drug-likeness (QED) is 0.770. The van der Waals surface area contributed by atoms with Gasteiger partial charge >= 0.3 is 6.18 Å². The molecule has 1 unspecified atom stereocenters. The van der Waals surface area contributed by atoms with Gasteiger partial charge in [0, 0.05) is 5.56 Å². The first-order valence-corrected chi connectivity index (χ1v) is 8.93. The molecule has 6 heteroatoms. The van der Waals surface area contributed by atoms with E-state index < -0.39 is 20.6 Å². The maximum absolute atomic E-state index is 13.1. The molecule has 0 radical (unpaired) electrons. The molecule has 0 fully saturated rings. The van der Waals surface area contributed by atoms with E-state index in [1.807, 2.05) is 0 Å². The molecule has 102 valence electrons. The van der Waals surface area contributed by atoms with Crippen LogP contribution in [0.2, 0.25) is 19.6 Å². The summed E-state index contributed by atoms with van der Waals surface area (Å²) in [6.45, 7) is 5.17. The highest BCUT2D eigenvalue weighted by Gasteiger charge is 2.45. The number of rotatable bonds is 4. The number of para-hydroxylation sites is 1. The second-order valence-corrected chi connectivity index (χ2v) is 9.35. The van der Waals surface area contributed by atoms with E-state index in [1.165, 1.54) is 19.2 Å². The minimum Gasteiger partial charge on any atom is -0.496 e. The highest BCUT2D eigenvalue weighted by Crippen LogP contribution is 2.41. The summed E-state index contributed by atoms with van der Waals surface area (Å²) in [4.78, 5) is 0. The molecule has 0 heterocycles. The van der Waals surface area contributed by atoms with Gasteiger partial charge in [-0.05, 0) is 25.7 Å². The summed E-state index contributed by atoms with van der Waals surface area (Å²) >= 11 is 0. The Morgan fingerprint density at radius 3 is 2.11 bits per heavy atom. The van der Waals surface area contributed by atoms with E-state index in [4.69, 9.17) is 9.16 Å². The van der Waals surface area contributed by atoms with Gasteiger partial charge in [-0.3, -0.25) is 0 Å². The van der Waals surface area contributed by atoms with Crippen LogP contribution < -0.4 is 4.74 Å². The van der Waals surface area contributed by atoms with Crippen molar-refractivity contribution in [3.8, 4) is 5.75 Å². The maximum Gasteiger partial charge on any atom is 0.417 e. The van der Waals surface area contributed by atoms with E-state index in [9.17, 15) is 13.2 Å². The fraction of sp³-hybridized carbons (Fsp3) is 0.500. The van der Waals surface area contributed by atoms with Crippen LogP contribution in [0.1, 0.15) is 11.7 Å². The smallest absolute Gasteiger partial charge is 0.417 e. The van der Waals surface area contributed by atoms with Crippen molar-refractivity contribution < 1.29 is 22.3 Å². The lowest BCUT2D eigenvalue weighted by Crippen LogP contribution is -2.35. The van der Waals surface area contributed by atoms with Gasteiger partial charge in [0.1, 0.15) is 5.75 Å². The lowest BCUT2D eigenvalue weighted by atomic mass is 10.1. The highest BCUT2D eigenvalue weighted by atomic mass is 28.4. The van der Waals surface area contributed by atoms with Crippen molar-refractivity contribution in [2.24, 2.45) is 0 Å². The Bertz CT molecular complexity index is 399. The largest absolute Gasteiger partial charge is 0.496 e. The summed E-state index contributed by atoms with van der Waals surface area (Å²) < 4.78 is 49.5. The summed E-state index contributed by atoms with van der Waals surface area (Å²) in [6.07, 6.45) is -6.38. The molecular weight excluding hydrogens is 261 g/mol. The monoisotopic (exact) mass is 278 g/mol. The van der Waals surface area contributed by atoms with Gasteiger partial charge in [-0.15, -0.1) is 0 Å². The zero-order chi connectivity index (χ0) is 14.0. The van der Waals surface area contributed by atoms with Crippen LogP contribution in [0, 0.1) is 0 Å². The first kappa shape index (κ1) is 15.0. The number of methoxy groups -OCH3 is 1. The standard InChI is InChI=1S/C12H17F3O2Si/c1-16-10-8-6-5-7-9(10)11(12(13,14)15)17-18(2,3)4/h5-8,11H,1-4H3. The van der Waals surface area contributed by atoms with Gasteiger partial charge in [-0.1, -0.05) is 18.2 Å². The maximum atomic E-state index is 13.1. The third-order valence-electron chi connectivity index (χ3n) is 2.19. The van der Waals surface area contributed by atoms with E-state index in [2.05, 4.69) is 0 Å². The van der Waals surface area contributed by atoms with Crippen LogP contribution in [0.5, 0.6) is 5.75 Å². The minimum absolute atomic E-state index is 0.0231. The summed E-state index contributed by atoms with van der Waals surface area (Å²) in [5.41, 5.74) is 0.0231. The average Bonchev–Trinajstić information content (AvgIpc) is 2.23. The molecule has 1 aromatic carbocycles. The third kappa shape index (κ3) is 4.03. The van der Waals surface area contributed by atoms with Crippen LogP contribution >= 0.6 is 0 Å². The molecule has 0 amide bonds. The summed E-state index contributed by atoms with van der Waals surface area (Å²) in [5.74, 6) is 0.193. The molecule has 1 atom stereocenters. The van der Waals surface area contributed by atoms with Crippen LogP contribution in [-0.4, -0.2) is 21.6 Å². The van der Waals surface area contributed by atoms with Crippen molar-refractivity contribution in [3.63, 3.8) is 0 Å². The molecule has 0 aliphatic rings. The van der Waals surface area contributed by atoms with Gasteiger partial charge in [0.15, 0.2) is 14.4 Å². The number of hydrogen-bond acceptors (Lipinski definition) is 2.